The lowest BCUT2D eigenvalue weighted by Gasteiger charge is -2.37. The van der Waals surface area contributed by atoms with Crippen LogP contribution >= 0.6 is 35.0 Å². The number of imide groups is 1. The second kappa shape index (κ2) is 9.62. The van der Waals surface area contributed by atoms with E-state index in [1.807, 2.05) is 29.2 Å². The first-order valence-electron chi connectivity index (χ1n) is 10.3. The van der Waals surface area contributed by atoms with Crippen molar-refractivity contribution in [1.82, 2.24) is 10.2 Å². The van der Waals surface area contributed by atoms with Crippen LogP contribution in [0.4, 0.5) is 19.3 Å². The Morgan fingerprint density at radius 1 is 1.09 bits per heavy atom. The Kier molecular flexibility index (Phi) is 7.00. The van der Waals surface area contributed by atoms with E-state index in [1.165, 1.54) is 18.2 Å². The molecule has 0 spiro atoms. The molecule has 0 radical (unpaired) electrons. The molecule has 2 aromatic rings. The number of alkyl halides is 2. The lowest BCUT2D eigenvalue weighted by molar-refractivity contribution is -0.115. The maximum atomic E-state index is 14.1. The minimum atomic E-state index is -3.11. The fourth-order valence-corrected chi connectivity index (χ4v) is 5.09. The van der Waals surface area contributed by atoms with Gasteiger partial charge >= 0.3 is 0 Å². The second-order valence-corrected chi connectivity index (χ2v) is 9.82. The Bertz CT molecular complexity index is 1130. The summed E-state index contributed by atoms with van der Waals surface area (Å²) in [6.07, 6.45) is 1.46. The summed E-state index contributed by atoms with van der Waals surface area (Å²) in [6, 6.07) is 10.3. The van der Waals surface area contributed by atoms with Crippen LogP contribution in [0.5, 0.6) is 0 Å². The van der Waals surface area contributed by atoms with Gasteiger partial charge in [0.2, 0.25) is 0 Å². The molecule has 5 nitrogen and oxygen atoms in total. The van der Waals surface area contributed by atoms with Gasteiger partial charge in [-0.25, -0.2) is 8.78 Å². The Labute approximate surface area is 204 Å². The third-order valence-electron chi connectivity index (χ3n) is 5.57. The van der Waals surface area contributed by atoms with Gasteiger partial charge in [0.05, 0.1) is 15.6 Å². The zero-order chi connectivity index (χ0) is 23.8. The summed E-state index contributed by atoms with van der Waals surface area (Å²) >= 11 is 13.5. The molecule has 2 aliphatic heterocycles. The van der Waals surface area contributed by atoms with E-state index < -0.39 is 17.1 Å². The number of hydrogen-bond donors (Lipinski definition) is 1. The highest BCUT2D eigenvalue weighted by atomic mass is 35.5. The van der Waals surface area contributed by atoms with Crippen LogP contribution in [0, 0.1) is 0 Å². The number of piperazine rings is 1. The molecule has 0 atom stereocenters. The number of nitrogens with zero attached hydrogens (tertiary/aromatic N) is 2. The number of amides is 2. The zero-order valence-electron chi connectivity index (χ0n) is 17.7. The average molecular weight is 512 g/mol. The van der Waals surface area contributed by atoms with Gasteiger partial charge in [-0.3, -0.25) is 19.8 Å². The molecule has 2 fully saturated rings. The predicted octanol–water partition coefficient (Wildman–Crippen LogP) is 5.75. The number of anilines is 1. The fourth-order valence-electron chi connectivity index (χ4n) is 3.88. The van der Waals surface area contributed by atoms with E-state index in [9.17, 15) is 18.4 Å². The van der Waals surface area contributed by atoms with Crippen LogP contribution in [0.3, 0.4) is 0 Å². The molecule has 0 saturated carbocycles. The highest BCUT2D eigenvalue weighted by molar-refractivity contribution is 8.18. The van der Waals surface area contributed by atoms with Crippen LogP contribution in [-0.2, 0) is 17.3 Å². The van der Waals surface area contributed by atoms with Crippen molar-refractivity contribution in [2.45, 2.75) is 19.4 Å². The van der Waals surface area contributed by atoms with Crippen molar-refractivity contribution in [3.8, 4) is 0 Å². The van der Waals surface area contributed by atoms with Crippen molar-refractivity contribution in [3.05, 3.63) is 68.0 Å². The van der Waals surface area contributed by atoms with Gasteiger partial charge in [-0.2, -0.15) is 0 Å². The van der Waals surface area contributed by atoms with E-state index in [-0.39, 0.29) is 15.5 Å². The van der Waals surface area contributed by atoms with Crippen LogP contribution in [-0.4, -0.2) is 42.2 Å². The van der Waals surface area contributed by atoms with Crippen molar-refractivity contribution in [1.29, 1.82) is 0 Å². The highest BCUT2D eigenvalue weighted by Crippen LogP contribution is 2.40. The molecule has 0 bridgehead atoms. The van der Waals surface area contributed by atoms with Crippen LogP contribution in [0.25, 0.3) is 6.08 Å². The topological polar surface area (TPSA) is 52.6 Å². The monoisotopic (exact) mass is 511 g/mol. The number of benzene rings is 2. The minimum absolute atomic E-state index is 0.145. The lowest BCUT2D eigenvalue weighted by Crippen LogP contribution is -2.46. The molecular weight excluding hydrogens is 491 g/mol. The number of hydrogen-bond acceptors (Lipinski definition) is 5. The quantitative estimate of drug-likeness (QED) is 0.517. The zero-order valence-corrected chi connectivity index (χ0v) is 20.0. The number of carbonyl (C=O) groups is 2. The van der Waals surface area contributed by atoms with E-state index in [2.05, 4.69) is 10.2 Å². The Morgan fingerprint density at radius 2 is 1.79 bits per heavy atom. The molecule has 2 saturated heterocycles. The van der Waals surface area contributed by atoms with Crippen LogP contribution < -0.4 is 10.2 Å². The highest BCUT2D eigenvalue weighted by Gasteiger charge is 2.30. The van der Waals surface area contributed by atoms with Gasteiger partial charge in [0.1, 0.15) is 0 Å². The van der Waals surface area contributed by atoms with E-state index in [1.54, 1.807) is 0 Å². The van der Waals surface area contributed by atoms with Crippen molar-refractivity contribution in [3.63, 3.8) is 0 Å². The molecular formula is C23H21Cl2F2N3O2S. The van der Waals surface area contributed by atoms with Gasteiger partial charge in [-0.15, -0.1) is 0 Å². The van der Waals surface area contributed by atoms with Crippen LogP contribution in [0.1, 0.15) is 23.6 Å². The summed E-state index contributed by atoms with van der Waals surface area (Å²) in [4.78, 5) is 28.0. The fraction of sp³-hybridized carbons (Fsp3) is 0.304. The van der Waals surface area contributed by atoms with E-state index >= 15 is 0 Å². The minimum Gasteiger partial charge on any atom is -0.367 e. The largest absolute Gasteiger partial charge is 0.367 e. The number of nitrogens with one attached hydrogen (secondary N) is 1. The Morgan fingerprint density at radius 3 is 2.39 bits per heavy atom. The summed E-state index contributed by atoms with van der Waals surface area (Å²) in [5, 5.41) is 2.58. The van der Waals surface area contributed by atoms with Gasteiger partial charge < -0.3 is 4.90 Å². The standard InChI is InChI=1S/C23H21Cl2F2N3O2S/c1-23(26,27)16-10-15(11-19-21(31)28-22(32)33-19)20(18(25)12-16)30-8-6-29(7-9-30)13-14-4-2-3-5-17(14)24/h2-5,10-12H,6-9,13H2,1H3,(H,28,31,32)/b19-11-. The molecule has 174 valence electrons. The van der Waals surface area contributed by atoms with E-state index in [4.69, 9.17) is 23.2 Å². The molecule has 2 amide bonds. The normalized spacial score (nSPS) is 18.8. The number of thioether (sulfide) groups is 1. The molecule has 0 unspecified atom stereocenters. The first-order valence-corrected chi connectivity index (χ1v) is 11.9. The van der Waals surface area contributed by atoms with Gasteiger partial charge in [-0.1, -0.05) is 41.4 Å². The maximum Gasteiger partial charge on any atom is 0.290 e. The summed E-state index contributed by atoms with van der Waals surface area (Å²) in [5.74, 6) is -3.66. The summed E-state index contributed by atoms with van der Waals surface area (Å²) in [7, 11) is 0. The van der Waals surface area contributed by atoms with E-state index in [0.29, 0.717) is 30.9 Å². The maximum absolute atomic E-state index is 14.1. The molecule has 33 heavy (non-hydrogen) atoms. The number of carbonyl (C=O) groups excluding carboxylic acids is 2. The summed E-state index contributed by atoms with van der Waals surface area (Å²) in [5.41, 5.74) is 1.74. The number of halogens is 4. The molecule has 10 heteroatoms. The van der Waals surface area contributed by atoms with Crippen molar-refractivity contribution in [2.24, 2.45) is 0 Å². The summed E-state index contributed by atoms with van der Waals surface area (Å²) in [6.45, 7) is 4.16. The van der Waals surface area contributed by atoms with Crippen LogP contribution in [0.15, 0.2) is 41.3 Å². The lowest BCUT2D eigenvalue weighted by atomic mass is 10.0. The first kappa shape index (κ1) is 24.0. The first-order chi connectivity index (χ1) is 15.6. The Hall–Kier alpha value is -2.13. The van der Waals surface area contributed by atoms with E-state index in [0.717, 1.165) is 42.4 Å². The summed E-state index contributed by atoms with van der Waals surface area (Å²) < 4.78 is 28.2. The molecule has 1 N–H and O–H groups in total. The van der Waals surface area contributed by atoms with Crippen molar-refractivity contribution >= 4 is 57.9 Å². The molecule has 2 aliphatic rings. The number of rotatable bonds is 5. The smallest absolute Gasteiger partial charge is 0.290 e. The predicted molar refractivity (Wildman–Crippen MR) is 129 cm³/mol. The average Bonchev–Trinajstić information content (AvgIpc) is 3.06. The molecule has 4 rings (SSSR count). The second-order valence-electron chi connectivity index (χ2n) is 7.99. The SMILES string of the molecule is CC(F)(F)c1cc(Cl)c(N2CCN(Cc3ccccc3Cl)CC2)c(/C=C2\SC(=O)NC2=O)c1. The van der Waals surface area contributed by atoms with Crippen molar-refractivity contribution in [2.75, 3.05) is 31.1 Å². The van der Waals surface area contributed by atoms with Gasteiger partial charge in [-0.05, 0) is 41.6 Å². The molecule has 2 heterocycles. The van der Waals surface area contributed by atoms with Crippen molar-refractivity contribution < 1.29 is 18.4 Å². The third kappa shape index (κ3) is 5.51. The van der Waals surface area contributed by atoms with Gasteiger partial charge in [0, 0.05) is 55.8 Å². The van der Waals surface area contributed by atoms with Crippen LogP contribution in [0.2, 0.25) is 10.0 Å². The van der Waals surface area contributed by atoms with Gasteiger partial charge in [0.25, 0.3) is 17.1 Å². The molecule has 0 aromatic heterocycles. The molecule has 2 aromatic carbocycles. The third-order valence-corrected chi connectivity index (χ3v) is 7.04. The Balaban J connectivity index is 1.61. The molecule has 0 aliphatic carbocycles. The van der Waals surface area contributed by atoms with Gasteiger partial charge in [0.15, 0.2) is 0 Å².